The van der Waals surface area contributed by atoms with E-state index in [9.17, 15) is 14.0 Å². The molecule has 136 valence electrons. The number of hydrogen-bond donors (Lipinski definition) is 0. The molecular formula is C20H20FNO4. The molecule has 1 heterocycles. The van der Waals surface area contributed by atoms with Gasteiger partial charge < -0.3 is 14.4 Å². The largest absolute Gasteiger partial charge is 0.497 e. The van der Waals surface area contributed by atoms with Crippen molar-refractivity contribution in [3.05, 3.63) is 59.4 Å². The molecular weight excluding hydrogens is 337 g/mol. The number of esters is 1. The van der Waals surface area contributed by atoms with Gasteiger partial charge >= 0.3 is 5.97 Å². The summed E-state index contributed by atoms with van der Waals surface area (Å²) < 4.78 is 23.5. The van der Waals surface area contributed by atoms with Crippen LogP contribution in [-0.2, 0) is 27.2 Å². The summed E-state index contributed by atoms with van der Waals surface area (Å²) in [7, 11) is 1.60. The Kier molecular flexibility index (Phi) is 5.51. The second-order valence-corrected chi connectivity index (χ2v) is 6.11. The molecule has 0 atom stereocenters. The van der Waals surface area contributed by atoms with Crippen molar-refractivity contribution in [1.29, 1.82) is 0 Å². The third-order valence-electron chi connectivity index (χ3n) is 4.30. The number of benzene rings is 2. The van der Waals surface area contributed by atoms with Crippen molar-refractivity contribution >= 4 is 17.6 Å². The van der Waals surface area contributed by atoms with Crippen molar-refractivity contribution in [1.82, 2.24) is 0 Å². The molecule has 2 aromatic carbocycles. The molecule has 26 heavy (non-hydrogen) atoms. The van der Waals surface area contributed by atoms with E-state index in [4.69, 9.17) is 9.47 Å². The zero-order valence-electron chi connectivity index (χ0n) is 14.5. The highest BCUT2D eigenvalue weighted by atomic mass is 19.1. The van der Waals surface area contributed by atoms with Crippen LogP contribution in [0.25, 0.3) is 0 Å². The smallest absolute Gasteiger partial charge is 0.310 e. The van der Waals surface area contributed by atoms with E-state index in [0.717, 1.165) is 29.8 Å². The Labute approximate surface area is 151 Å². The highest BCUT2D eigenvalue weighted by Crippen LogP contribution is 2.30. The average molecular weight is 357 g/mol. The van der Waals surface area contributed by atoms with Crippen LogP contribution >= 0.6 is 0 Å². The molecule has 0 saturated carbocycles. The number of rotatable bonds is 5. The van der Waals surface area contributed by atoms with Gasteiger partial charge in [-0.25, -0.2) is 4.39 Å². The molecule has 0 radical (unpaired) electrons. The highest BCUT2D eigenvalue weighted by molar-refractivity contribution is 5.96. The van der Waals surface area contributed by atoms with Crippen LogP contribution < -0.4 is 9.64 Å². The summed E-state index contributed by atoms with van der Waals surface area (Å²) in [6.45, 7) is 0.249. The number of halogens is 1. The minimum Gasteiger partial charge on any atom is -0.497 e. The molecule has 0 saturated heterocycles. The van der Waals surface area contributed by atoms with Crippen molar-refractivity contribution in [3.63, 3.8) is 0 Å². The maximum Gasteiger partial charge on any atom is 0.310 e. The Morgan fingerprint density at radius 1 is 1.19 bits per heavy atom. The molecule has 0 spiro atoms. The summed E-state index contributed by atoms with van der Waals surface area (Å²) in [6, 6.07) is 11.3. The fourth-order valence-electron chi connectivity index (χ4n) is 3.04. The summed E-state index contributed by atoms with van der Waals surface area (Å²) in [5.74, 6) is -0.495. The highest BCUT2D eigenvalue weighted by Gasteiger charge is 2.23. The van der Waals surface area contributed by atoms with Crippen molar-refractivity contribution in [3.8, 4) is 5.75 Å². The molecule has 0 unspecified atom stereocenters. The van der Waals surface area contributed by atoms with Gasteiger partial charge in [0.25, 0.3) is 5.91 Å². The molecule has 6 heteroatoms. The molecule has 1 amide bonds. The first-order chi connectivity index (χ1) is 12.6. The van der Waals surface area contributed by atoms with E-state index < -0.39 is 11.8 Å². The van der Waals surface area contributed by atoms with Gasteiger partial charge in [-0.1, -0.05) is 12.1 Å². The van der Waals surface area contributed by atoms with E-state index in [2.05, 4.69) is 0 Å². The first-order valence-corrected chi connectivity index (χ1v) is 8.44. The van der Waals surface area contributed by atoms with Crippen LogP contribution in [0.5, 0.6) is 5.75 Å². The van der Waals surface area contributed by atoms with Gasteiger partial charge in [0.2, 0.25) is 0 Å². The summed E-state index contributed by atoms with van der Waals surface area (Å²) >= 11 is 0. The van der Waals surface area contributed by atoms with Crippen LogP contribution in [0, 0.1) is 5.82 Å². The van der Waals surface area contributed by atoms with Crippen molar-refractivity contribution in [2.75, 3.05) is 25.2 Å². The van der Waals surface area contributed by atoms with Gasteiger partial charge in [-0.15, -0.1) is 0 Å². The Balaban J connectivity index is 1.60. The maximum atomic E-state index is 13.1. The average Bonchev–Trinajstić information content (AvgIpc) is 2.65. The number of hydrogen-bond acceptors (Lipinski definition) is 4. The van der Waals surface area contributed by atoms with Crippen LogP contribution in [0.4, 0.5) is 10.1 Å². The fourth-order valence-corrected chi connectivity index (χ4v) is 3.04. The molecule has 5 nitrogen and oxygen atoms in total. The fraction of sp³-hybridized carbons (Fsp3) is 0.300. The number of methoxy groups -OCH3 is 1. The van der Waals surface area contributed by atoms with E-state index in [0.29, 0.717) is 12.1 Å². The van der Waals surface area contributed by atoms with Gasteiger partial charge in [0.05, 0.1) is 13.5 Å². The molecule has 0 N–H and O–H groups in total. The second-order valence-electron chi connectivity index (χ2n) is 6.11. The van der Waals surface area contributed by atoms with E-state index in [1.165, 1.54) is 18.2 Å². The number of anilines is 1. The number of carbonyl (C=O) groups excluding carboxylic acids is 2. The lowest BCUT2D eigenvalue weighted by Gasteiger charge is -2.29. The van der Waals surface area contributed by atoms with Gasteiger partial charge in [0.15, 0.2) is 6.61 Å². The maximum absolute atomic E-state index is 13.1. The molecule has 2 aromatic rings. The number of amides is 1. The van der Waals surface area contributed by atoms with E-state index in [1.807, 2.05) is 12.1 Å². The number of nitrogens with zero attached hydrogens (tertiary/aromatic N) is 1. The SMILES string of the molecule is COc1ccc2c(c1)CCCN2C(=O)COC(=O)Cc1cccc(F)c1. The quantitative estimate of drug-likeness (QED) is 0.772. The van der Waals surface area contributed by atoms with Crippen molar-refractivity contribution in [2.45, 2.75) is 19.3 Å². The molecule has 1 aliphatic rings. The number of fused-ring (bicyclic) bond motifs is 1. The Morgan fingerprint density at radius 3 is 2.81 bits per heavy atom. The predicted octanol–water partition coefficient (Wildman–Crippen LogP) is 2.90. The third kappa shape index (κ3) is 4.20. The monoisotopic (exact) mass is 357 g/mol. The van der Waals surface area contributed by atoms with Gasteiger partial charge in [-0.3, -0.25) is 9.59 Å². The van der Waals surface area contributed by atoms with Crippen LogP contribution in [0.2, 0.25) is 0 Å². The van der Waals surface area contributed by atoms with Crippen molar-refractivity contribution < 1.29 is 23.5 Å². The summed E-state index contributed by atoms with van der Waals surface area (Å²) in [5, 5.41) is 0. The van der Waals surface area contributed by atoms with Crippen LogP contribution in [0.3, 0.4) is 0 Å². The lowest BCUT2D eigenvalue weighted by molar-refractivity contribution is -0.147. The first-order valence-electron chi connectivity index (χ1n) is 8.44. The van der Waals surface area contributed by atoms with E-state index in [1.54, 1.807) is 24.1 Å². The molecule has 1 aliphatic heterocycles. The lowest BCUT2D eigenvalue weighted by atomic mass is 10.0. The summed E-state index contributed by atoms with van der Waals surface area (Å²) in [4.78, 5) is 26.0. The van der Waals surface area contributed by atoms with Crippen molar-refractivity contribution in [2.24, 2.45) is 0 Å². The normalized spacial score (nSPS) is 13.1. The van der Waals surface area contributed by atoms with Crippen LogP contribution in [0.15, 0.2) is 42.5 Å². The van der Waals surface area contributed by atoms with E-state index in [-0.39, 0.29) is 18.9 Å². The van der Waals surface area contributed by atoms with Crippen LogP contribution in [0.1, 0.15) is 17.5 Å². The number of ether oxygens (including phenoxy) is 2. The Bertz CT molecular complexity index is 821. The molecule has 0 fully saturated rings. The standard InChI is InChI=1S/C20H20FNO4/c1-25-17-7-8-18-15(12-17)5-3-9-22(18)19(23)13-26-20(24)11-14-4-2-6-16(21)10-14/h2,4,6-8,10,12H,3,5,9,11,13H2,1H3. The Morgan fingerprint density at radius 2 is 2.04 bits per heavy atom. The molecule has 3 rings (SSSR count). The minimum absolute atomic E-state index is 0.0706. The molecule has 0 bridgehead atoms. The lowest BCUT2D eigenvalue weighted by Crippen LogP contribution is -2.38. The summed E-state index contributed by atoms with van der Waals surface area (Å²) in [6.07, 6.45) is 1.64. The minimum atomic E-state index is -0.559. The van der Waals surface area contributed by atoms with Gasteiger partial charge in [0.1, 0.15) is 11.6 Å². The zero-order chi connectivity index (χ0) is 18.5. The molecule has 0 aromatic heterocycles. The van der Waals surface area contributed by atoms with Gasteiger partial charge in [-0.2, -0.15) is 0 Å². The third-order valence-corrected chi connectivity index (χ3v) is 4.30. The second kappa shape index (κ2) is 7.99. The van der Waals surface area contributed by atoms with Gasteiger partial charge in [-0.05, 0) is 54.3 Å². The van der Waals surface area contributed by atoms with Gasteiger partial charge in [0, 0.05) is 12.2 Å². The topological polar surface area (TPSA) is 55.8 Å². The van der Waals surface area contributed by atoms with E-state index >= 15 is 0 Å². The number of aryl methyl sites for hydroxylation is 1. The summed E-state index contributed by atoms with van der Waals surface area (Å²) in [5.41, 5.74) is 2.37. The zero-order valence-corrected chi connectivity index (χ0v) is 14.5. The predicted molar refractivity (Wildman–Crippen MR) is 94.7 cm³/mol. The first kappa shape index (κ1) is 17.9. The molecule has 0 aliphatic carbocycles. The Hall–Kier alpha value is -2.89. The number of carbonyl (C=O) groups is 2. The van der Waals surface area contributed by atoms with Crippen LogP contribution in [-0.4, -0.2) is 32.1 Å².